The first-order valence-electron chi connectivity index (χ1n) is 7.34. The van der Waals surface area contributed by atoms with E-state index in [0.29, 0.717) is 22.0 Å². The van der Waals surface area contributed by atoms with Gasteiger partial charge in [0.25, 0.3) is 11.8 Å². The van der Waals surface area contributed by atoms with Crippen LogP contribution in [-0.4, -0.2) is 17.8 Å². The standard InChI is InChI=1S/C18H13ClN2O4/c1-11(9-14-3-2-8-25-14)10-15-16(22)20-18(24)21(17(15)23)13-6-4-12(19)5-7-13/h2-10H,1H3,(H,20,22,24)/b11-9+,15-10+. The molecule has 25 heavy (non-hydrogen) atoms. The highest BCUT2D eigenvalue weighted by molar-refractivity contribution is 6.38. The predicted molar refractivity (Wildman–Crippen MR) is 92.9 cm³/mol. The monoisotopic (exact) mass is 356 g/mol. The molecule has 0 unspecified atom stereocenters. The Morgan fingerprint density at radius 1 is 1.16 bits per heavy atom. The van der Waals surface area contributed by atoms with Crippen LogP contribution in [-0.2, 0) is 9.59 Å². The Kier molecular flexibility index (Phi) is 4.54. The number of barbiturate groups is 1. The summed E-state index contributed by atoms with van der Waals surface area (Å²) in [6, 6.07) is 8.83. The molecule has 4 amide bonds. The Morgan fingerprint density at radius 2 is 1.88 bits per heavy atom. The number of imide groups is 2. The molecule has 1 aromatic carbocycles. The van der Waals surface area contributed by atoms with Crippen LogP contribution in [0.4, 0.5) is 10.5 Å². The van der Waals surface area contributed by atoms with E-state index in [9.17, 15) is 14.4 Å². The fourth-order valence-electron chi connectivity index (χ4n) is 2.35. The van der Waals surface area contributed by atoms with E-state index in [-0.39, 0.29) is 5.57 Å². The molecule has 126 valence electrons. The SMILES string of the molecule is CC(=C\c1ccco1)/C=C1\C(=O)NC(=O)N(c2ccc(Cl)cc2)C1=O. The Balaban J connectivity index is 1.95. The van der Waals surface area contributed by atoms with Crippen molar-refractivity contribution < 1.29 is 18.8 Å². The minimum atomic E-state index is -0.804. The molecule has 1 N–H and O–H groups in total. The van der Waals surface area contributed by atoms with Gasteiger partial charge in [-0.2, -0.15) is 0 Å². The number of nitrogens with zero attached hydrogens (tertiary/aromatic N) is 1. The van der Waals surface area contributed by atoms with Crippen LogP contribution >= 0.6 is 11.6 Å². The van der Waals surface area contributed by atoms with Gasteiger partial charge < -0.3 is 4.42 Å². The number of rotatable bonds is 3. The molecule has 2 aromatic rings. The number of carbonyl (C=O) groups excluding carboxylic acids is 3. The van der Waals surface area contributed by atoms with Crippen LogP contribution in [0.15, 0.2) is 64.3 Å². The Morgan fingerprint density at radius 3 is 2.52 bits per heavy atom. The van der Waals surface area contributed by atoms with Crippen LogP contribution in [0.25, 0.3) is 6.08 Å². The third-order valence-corrected chi connectivity index (χ3v) is 3.72. The van der Waals surface area contributed by atoms with Gasteiger partial charge in [-0.3, -0.25) is 14.9 Å². The number of benzene rings is 1. The van der Waals surface area contributed by atoms with E-state index in [4.69, 9.17) is 16.0 Å². The molecule has 1 aliphatic heterocycles. The zero-order valence-electron chi connectivity index (χ0n) is 13.2. The van der Waals surface area contributed by atoms with E-state index >= 15 is 0 Å². The topological polar surface area (TPSA) is 79.6 Å². The van der Waals surface area contributed by atoms with Crippen molar-refractivity contribution in [1.82, 2.24) is 5.32 Å². The van der Waals surface area contributed by atoms with Crippen LogP contribution in [0.2, 0.25) is 5.02 Å². The van der Waals surface area contributed by atoms with Crippen molar-refractivity contribution in [3.05, 3.63) is 70.7 Å². The fraction of sp³-hybridized carbons (Fsp3) is 0.0556. The number of allylic oxidation sites excluding steroid dienone is 2. The van der Waals surface area contributed by atoms with Gasteiger partial charge in [-0.05, 0) is 61.0 Å². The molecular formula is C18H13ClN2O4. The average molecular weight is 357 g/mol. The number of halogens is 1. The first kappa shape index (κ1) is 16.7. The van der Waals surface area contributed by atoms with Gasteiger partial charge in [-0.25, -0.2) is 9.69 Å². The minimum Gasteiger partial charge on any atom is -0.465 e. The number of hydrogen-bond acceptors (Lipinski definition) is 4. The lowest BCUT2D eigenvalue weighted by atomic mass is 10.1. The zero-order chi connectivity index (χ0) is 18.0. The molecule has 0 bridgehead atoms. The molecule has 7 heteroatoms. The predicted octanol–water partition coefficient (Wildman–Crippen LogP) is 3.55. The maximum atomic E-state index is 12.7. The molecule has 0 radical (unpaired) electrons. The van der Waals surface area contributed by atoms with Crippen LogP contribution < -0.4 is 10.2 Å². The molecule has 6 nitrogen and oxygen atoms in total. The van der Waals surface area contributed by atoms with Crippen molar-refractivity contribution in [3.8, 4) is 0 Å². The number of amides is 4. The van der Waals surface area contributed by atoms with Gasteiger partial charge in [0.05, 0.1) is 12.0 Å². The Hall–Kier alpha value is -3.12. The van der Waals surface area contributed by atoms with Gasteiger partial charge in [-0.15, -0.1) is 0 Å². The summed E-state index contributed by atoms with van der Waals surface area (Å²) in [4.78, 5) is 37.7. The van der Waals surface area contributed by atoms with Gasteiger partial charge in [-0.1, -0.05) is 11.6 Å². The van der Waals surface area contributed by atoms with Crippen molar-refractivity contribution in [3.63, 3.8) is 0 Å². The van der Waals surface area contributed by atoms with Crippen molar-refractivity contribution in [1.29, 1.82) is 0 Å². The summed E-state index contributed by atoms with van der Waals surface area (Å²) in [5.41, 5.74) is 0.798. The molecule has 3 rings (SSSR count). The summed E-state index contributed by atoms with van der Waals surface area (Å²) >= 11 is 5.83. The van der Waals surface area contributed by atoms with Crippen molar-refractivity contribution in [2.24, 2.45) is 0 Å². The zero-order valence-corrected chi connectivity index (χ0v) is 13.9. The first-order chi connectivity index (χ1) is 12.0. The van der Waals surface area contributed by atoms with Crippen LogP contribution in [0, 0.1) is 0 Å². The van der Waals surface area contributed by atoms with Crippen LogP contribution in [0.5, 0.6) is 0 Å². The van der Waals surface area contributed by atoms with Gasteiger partial charge >= 0.3 is 6.03 Å². The molecule has 2 heterocycles. The summed E-state index contributed by atoms with van der Waals surface area (Å²) in [5, 5.41) is 2.63. The van der Waals surface area contributed by atoms with Gasteiger partial charge in [0.15, 0.2) is 0 Å². The maximum Gasteiger partial charge on any atom is 0.335 e. The molecule has 0 saturated carbocycles. The van der Waals surface area contributed by atoms with Crippen molar-refractivity contribution in [2.45, 2.75) is 6.92 Å². The second-order valence-electron chi connectivity index (χ2n) is 5.34. The first-order valence-corrected chi connectivity index (χ1v) is 7.72. The van der Waals surface area contributed by atoms with E-state index in [0.717, 1.165) is 4.90 Å². The van der Waals surface area contributed by atoms with E-state index in [1.54, 1.807) is 37.3 Å². The lowest BCUT2D eigenvalue weighted by Crippen LogP contribution is -2.54. The van der Waals surface area contributed by atoms with E-state index in [1.807, 2.05) is 0 Å². The van der Waals surface area contributed by atoms with Crippen molar-refractivity contribution >= 4 is 41.2 Å². The molecule has 1 fully saturated rings. The molecular weight excluding hydrogens is 344 g/mol. The third kappa shape index (κ3) is 3.54. The maximum absolute atomic E-state index is 12.7. The van der Waals surface area contributed by atoms with E-state index < -0.39 is 17.8 Å². The number of furan rings is 1. The molecule has 1 aliphatic rings. The van der Waals surface area contributed by atoms with E-state index in [2.05, 4.69) is 5.32 Å². The second kappa shape index (κ2) is 6.78. The van der Waals surface area contributed by atoms with Crippen LogP contribution in [0.1, 0.15) is 12.7 Å². The van der Waals surface area contributed by atoms with Gasteiger partial charge in [0, 0.05) is 5.02 Å². The summed E-state index contributed by atoms with van der Waals surface area (Å²) < 4.78 is 5.20. The number of hydrogen-bond donors (Lipinski definition) is 1. The van der Waals surface area contributed by atoms with Crippen LogP contribution in [0.3, 0.4) is 0 Å². The fourth-order valence-corrected chi connectivity index (χ4v) is 2.48. The normalized spacial score (nSPS) is 17.2. The quantitative estimate of drug-likeness (QED) is 0.673. The smallest absolute Gasteiger partial charge is 0.335 e. The summed E-state index contributed by atoms with van der Waals surface area (Å²) in [6.45, 7) is 1.72. The molecule has 0 atom stereocenters. The number of urea groups is 1. The van der Waals surface area contributed by atoms with Gasteiger partial charge in [0.2, 0.25) is 0 Å². The highest BCUT2D eigenvalue weighted by Gasteiger charge is 2.36. The Bertz CT molecular complexity index is 896. The number of nitrogens with one attached hydrogen (secondary N) is 1. The van der Waals surface area contributed by atoms with Gasteiger partial charge in [0.1, 0.15) is 11.3 Å². The summed E-state index contributed by atoms with van der Waals surface area (Å²) in [7, 11) is 0. The Labute approximate surface area is 148 Å². The number of anilines is 1. The molecule has 0 spiro atoms. The minimum absolute atomic E-state index is 0.144. The summed E-state index contributed by atoms with van der Waals surface area (Å²) in [5.74, 6) is -0.862. The third-order valence-electron chi connectivity index (χ3n) is 3.47. The highest BCUT2D eigenvalue weighted by Crippen LogP contribution is 2.23. The molecule has 1 saturated heterocycles. The van der Waals surface area contributed by atoms with Crippen molar-refractivity contribution in [2.75, 3.05) is 4.90 Å². The lowest BCUT2D eigenvalue weighted by Gasteiger charge is -2.26. The highest BCUT2D eigenvalue weighted by atomic mass is 35.5. The molecule has 0 aliphatic carbocycles. The second-order valence-corrected chi connectivity index (χ2v) is 5.77. The lowest BCUT2D eigenvalue weighted by molar-refractivity contribution is -0.122. The largest absolute Gasteiger partial charge is 0.465 e. The van der Waals surface area contributed by atoms with E-state index in [1.165, 1.54) is 24.5 Å². The summed E-state index contributed by atoms with van der Waals surface area (Å²) in [6.07, 6.45) is 4.61. The number of carbonyl (C=O) groups is 3. The molecule has 1 aromatic heterocycles. The average Bonchev–Trinajstić information content (AvgIpc) is 3.06.